The fraction of sp³-hybridized carbons (Fsp3) is 0.0455. The van der Waals surface area contributed by atoms with Crippen LogP contribution in [0, 0.1) is 0 Å². The van der Waals surface area contributed by atoms with Crippen LogP contribution in [0.3, 0.4) is 0 Å². The summed E-state index contributed by atoms with van der Waals surface area (Å²) >= 11 is 0. The van der Waals surface area contributed by atoms with E-state index in [0.29, 0.717) is 5.82 Å². The van der Waals surface area contributed by atoms with Crippen LogP contribution in [-0.4, -0.2) is 25.2 Å². The van der Waals surface area contributed by atoms with Crippen molar-refractivity contribution in [3.63, 3.8) is 0 Å². The molecule has 0 saturated heterocycles. The number of nitrogens with zero attached hydrogens (tertiary/aromatic N) is 4. The van der Waals surface area contributed by atoms with Gasteiger partial charge in [0.1, 0.15) is 0 Å². The molecular weight excluding hydrogens is 334 g/mol. The van der Waals surface area contributed by atoms with Gasteiger partial charge in [-0.15, -0.1) is 10.2 Å². The molecule has 27 heavy (non-hydrogen) atoms. The van der Waals surface area contributed by atoms with Crippen LogP contribution in [0.4, 0.5) is 0 Å². The maximum Gasteiger partial charge on any atom is 0.204 e. The number of nitrogens with one attached hydrogen (secondary N) is 1. The molecule has 0 spiro atoms. The molecule has 0 aliphatic heterocycles. The molecule has 5 rings (SSSR count). The van der Waals surface area contributed by atoms with Crippen LogP contribution in [0.2, 0.25) is 0 Å². The number of H-pyrrole nitrogens is 1. The monoisotopic (exact) mass is 351 g/mol. The molecule has 0 bridgehead atoms. The molecule has 0 saturated carbocycles. The largest absolute Gasteiger partial charge is 0.343 e. The molecule has 2 heterocycles. The van der Waals surface area contributed by atoms with Gasteiger partial charge in [-0.1, -0.05) is 48.5 Å². The second kappa shape index (κ2) is 6.53. The first-order chi connectivity index (χ1) is 13.4. The molecule has 0 atom stereocenters. The van der Waals surface area contributed by atoms with Crippen LogP contribution in [0.25, 0.3) is 33.4 Å². The number of hydrogen-bond donors (Lipinski definition) is 1. The van der Waals surface area contributed by atoms with Gasteiger partial charge in [0.25, 0.3) is 0 Å². The topological polar surface area (TPSA) is 59.4 Å². The quantitative estimate of drug-likeness (QED) is 0.517. The summed E-state index contributed by atoms with van der Waals surface area (Å²) in [4.78, 5) is 0. The Bertz CT molecular complexity index is 1190. The number of fused-ring (bicyclic) bond motifs is 1. The molecular formula is C22H17N5. The summed E-state index contributed by atoms with van der Waals surface area (Å²) in [7, 11) is 0. The van der Waals surface area contributed by atoms with Gasteiger partial charge in [0.05, 0.1) is 0 Å². The van der Waals surface area contributed by atoms with E-state index in [1.54, 1.807) is 0 Å². The minimum atomic E-state index is 0.611. The first kappa shape index (κ1) is 15.5. The van der Waals surface area contributed by atoms with Gasteiger partial charge in [0.2, 0.25) is 5.82 Å². The Hall–Kier alpha value is -3.73. The predicted molar refractivity (Wildman–Crippen MR) is 106 cm³/mol. The zero-order chi connectivity index (χ0) is 18.1. The van der Waals surface area contributed by atoms with E-state index in [4.69, 9.17) is 0 Å². The van der Waals surface area contributed by atoms with Gasteiger partial charge < -0.3 is 4.57 Å². The van der Waals surface area contributed by atoms with Crippen molar-refractivity contribution in [2.45, 2.75) is 6.54 Å². The first-order valence-corrected chi connectivity index (χ1v) is 8.84. The van der Waals surface area contributed by atoms with E-state index in [1.165, 1.54) is 22.2 Å². The van der Waals surface area contributed by atoms with E-state index < -0.39 is 0 Å². The number of aromatic nitrogens is 5. The SMILES string of the molecule is c1ccc(-c2cccc(Cn3ccc4cc(-c5nn[nH]n5)ccc43)c2)cc1. The fourth-order valence-corrected chi connectivity index (χ4v) is 3.44. The Labute approximate surface area is 156 Å². The Kier molecular flexibility index (Phi) is 3.76. The van der Waals surface area contributed by atoms with Crippen LogP contribution in [-0.2, 0) is 6.54 Å². The number of hydrogen-bond acceptors (Lipinski definition) is 3. The van der Waals surface area contributed by atoms with E-state index in [2.05, 4.69) is 98.1 Å². The van der Waals surface area contributed by atoms with Crippen LogP contribution < -0.4 is 0 Å². The molecule has 0 amide bonds. The molecule has 0 aliphatic carbocycles. The molecule has 2 aromatic heterocycles. The standard InChI is InChI=1S/C22H17N5/c1-2-6-17(7-3-1)18-8-4-5-16(13-18)15-27-12-11-19-14-20(9-10-21(19)27)22-23-25-26-24-22/h1-14H,15H2,(H,23,24,25,26). The van der Waals surface area contributed by atoms with Crippen LogP contribution in [0.1, 0.15) is 5.56 Å². The van der Waals surface area contributed by atoms with Crippen molar-refractivity contribution in [3.8, 4) is 22.5 Å². The van der Waals surface area contributed by atoms with E-state index in [1.807, 2.05) is 12.1 Å². The molecule has 0 aliphatic rings. The van der Waals surface area contributed by atoms with E-state index >= 15 is 0 Å². The van der Waals surface area contributed by atoms with Gasteiger partial charge in [0, 0.05) is 29.2 Å². The van der Waals surface area contributed by atoms with Gasteiger partial charge in [-0.3, -0.25) is 0 Å². The summed E-state index contributed by atoms with van der Waals surface area (Å²) in [6.45, 7) is 0.825. The van der Waals surface area contributed by atoms with Gasteiger partial charge >= 0.3 is 0 Å². The number of tetrazole rings is 1. The Morgan fingerprint density at radius 1 is 0.778 bits per heavy atom. The van der Waals surface area contributed by atoms with E-state index in [9.17, 15) is 0 Å². The second-order valence-electron chi connectivity index (χ2n) is 6.52. The maximum absolute atomic E-state index is 4.05. The molecule has 3 aromatic carbocycles. The van der Waals surface area contributed by atoms with Crippen molar-refractivity contribution in [2.24, 2.45) is 0 Å². The molecule has 1 N–H and O–H groups in total. The average molecular weight is 351 g/mol. The number of benzene rings is 3. The molecule has 0 fully saturated rings. The summed E-state index contributed by atoms with van der Waals surface area (Å²) in [5, 5.41) is 15.4. The minimum absolute atomic E-state index is 0.611. The minimum Gasteiger partial charge on any atom is -0.343 e. The van der Waals surface area contributed by atoms with Crippen molar-refractivity contribution in [2.75, 3.05) is 0 Å². The van der Waals surface area contributed by atoms with Crippen LogP contribution >= 0.6 is 0 Å². The van der Waals surface area contributed by atoms with Gasteiger partial charge in [-0.2, -0.15) is 5.21 Å². The lowest BCUT2D eigenvalue weighted by atomic mass is 10.0. The first-order valence-electron chi connectivity index (χ1n) is 8.84. The molecule has 5 nitrogen and oxygen atoms in total. The third-order valence-corrected chi connectivity index (χ3v) is 4.76. The predicted octanol–water partition coefficient (Wildman–Crippen LogP) is 4.54. The van der Waals surface area contributed by atoms with E-state index in [-0.39, 0.29) is 0 Å². The van der Waals surface area contributed by atoms with Gasteiger partial charge in [0.15, 0.2) is 0 Å². The van der Waals surface area contributed by atoms with Crippen molar-refractivity contribution < 1.29 is 0 Å². The molecule has 0 unspecified atom stereocenters. The fourth-order valence-electron chi connectivity index (χ4n) is 3.44. The maximum atomic E-state index is 4.05. The summed E-state index contributed by atoms with van der Waals surface area (Å²) < 4.78 is 2.26. The summed E-state index contributed by atoms with van der Waals surface area (Å²) in [6.07, 6.45) is 2.12. The third kappa shape index (κ3) is 3.00. The lowest BCUT2D eigenvalue weighted by Crippen LogP contribution is -1.98. The molecule has 130 valence electrons. The summed E-state index contributed by atoms with van der Waals surface area (Å²) in [6, 6.07) is 27.5. The van der Waals surface area contributed by atoms with Gasteiger partial charge in [-0.25, -0.2) is 0 Å². The smallest absolute Gasteiger partial charge is 0.204 e. The van der Waals surface area contributed by atoms with Crippen molar-refractivity contribution in [1.29, 1.82) is 0 Å². The lowest BCUT2D eigenvalue weighted by Gasteiger charge is -2.09. The van der Waals surface area contributed by atoms with Crippen molar-refractivity contribution in [3.05, 3.63) is 90.6 Å². The highest BCUT2D eigenvalue weighted by Crippen LogP contribution is 2.25. The van der Waals surface area contributed by atoms with Gasteiger partial charge in [-0.05, 0) is 52.2 Å². The lowest BCUT2D eigenvalue weighted by molar-refractivity contribution is 0.837. The zero-order valence-electron chi connectivity index (χ0n) is 14.6. The zero-order valence-corrected chi connectivity index (χ0v) is 14.6. The van der Waals surface area contributed by atoms with E-state index in [0.717, 1.165) is 17.5 Å². The highest BCUT2D eigenvalue weighted by Gasteiger charge is 2.07. The summed E-state index contributed by atoms with van der Waals surface area (Å²) in [5.41, 5.74) is 5.90. The van der Waals surface area contributed by atoms with Crippen LogP contribution in [0.15, 0.2) is 85.1 Å². The Morgan fingerprint density at radius 2 is 1.67 bits per heavy atom. The van der Waals surface area contributed by atoms with Crippen molar-refractivity contribution in [1.82, 2.24) is 25.2 Å². The average Bonchev–Trinajstić information content (AvgIpc) is 3.39. The third-order valence-electron chi connectivity index (χ3n) is 4.76. The Balaban J connectivity index is 1.47. The summed E-state index contributed by atoms with van der Waals surface area (Å²) in [5.74, 6) is 0.611. The normalized spacial score (nSPS) is 11.1. The number of rotatable bonds is 4. The molecule has 5 aromatic rings. The molecule has 0 radical (unpaired) electrons. The number of aromatic amines is 1. The van der Waals surface area contributed by atoms with Crippen molar-refractivity contribution >= 4 is 10.9 Å². The Morgan fingerprint density at radius 3 is 2.52 bits per heavy atom. The highest BCUT2D eigenvalue weighted by molar-refractivity contribution is 5.84. The second-order valence-corrected chi connectivity index (χ2v) is 6.52. The van der Waals surface area contributed by atoms with Crippen LogP contribution in [0.5, 0.6) is 0 Å². The molecule has 5 heteroatoms. The highest BCUT2D eigenvalue weighted by atomic mass is 15.5.